The zero-order valence-corrected chi connectivity index (χ0v) is 15.2. The molecule has 3 aromatic rings. The monoisotopic (exact) mass is 364 g/mol. The van der Waals surface area contributed by atoms with Crippen LogP contribution in [0.15, 0.2) is 55.0 Å². The van der Waals surface area contributed by atoms with Gasteiger partial charge >= 0.3 is 0 Å². The van der Waals surface area contributed by atoms with Gasteiger partial charge in [-0.3, -0.25) is 9.78 Å². The van der Waals surface area contributed by atoms with Gasteiger partial charge in [0.05, 0.1) is 11.3 Å². The first-order valence-electron chi connectivity index (χ1n) is 9.10. The van der Waals surface area contributed by atoms with E-state index in [2.05, 4.69) is 14.5 Å². The zero-order chi connectivity index (χ0) is 18.8. The lowest BCUT2D eigenvalue weighted by Gasteiger charge is -2.31. The summed E-state index contributed by atoms with van der Waals surface area (Å²) in [6.45, 7) is 1.42. The number of amides is 1. The van der Waals surface area contributed by atoms with Gasteiger partial charge in [-0.2, -0.15) is 0 Å². The molecule has 4 rings (SSSR count). The molecule has 27 heavy (non-hydrogen) atoms. The lowest BCUT2D eigenvalue weighted by atomic mass is 9.95. The second-order valence-electron chi connectivity index (χ2n) is 6.91. The maximum absolute atomic E-state index is 13.4. The number of carbonyl (C=O) groups is 1. The van der Waals surface area contributed by atoms with E-state index in [0.717, 1.165) is 18.7 Å². The van der Waals surface area contributed by atoms with Crippen molar-refractivity contribution in [1.29, 1.82) is 0 Å². The number of piperidine rings is 1. The molecule has 1 aliphatic rings. The van der Waals surface area contributed by atoms with Gasteiger partial charge in [-0.25, -0.2) is 9.37 Å². The number of likely N-dealkylation sites (tertiary alicyclic amines) is 1. The molecule has 2 aromatic heterocycles. The quantitative estimate of drug-likeness (QED) is 0.713. The number of hydrogen-bond acceptors (Lipinski definition) is 3. The van der Waals surface area contributed by atoms with Gasteiger partial charge in [0.1, 0.15) is 11.6 Å². The molecule has 3 heterocycles. The predicted molar refractivity (Wildman–Crippen MR) is 101 cm³/mol. The highest BCUT2D eigenvalue weighted by molar-refractivity contribution is 5.94. The third-order valence-corrected chi connectivity index (χ3v) is 5.14. The summed E-state index contributed by atoms with van der Waals surface area (Å²) in [5.41, 5.74) is 1.91. The summed E-state index contributed by atoms with van der Waals surface area (Å²) in [7, 11) is 2.01. The van der Waals surface area contributed by atoms with Crippen LogP contribution < -0.4 is 0 Å². The molecule has 0 unspecified atom stereocenters. The smallest absolute Gasteiger partial charge is 0.255 e. The van der Waals surface area contributed by atoms with Crippen molar-refractivity contribution in [2.75, 3.05) is 13.1 Å². The van der Waals surface area contributed by atoms with Gasteiger partial charge in [-0.1, -0.05) is 12.1 Å². The van der Waals surface area contributed by atoms with E-state index in [1.165, 1.54) is 12.1 Å². The van der Waals surface area contributed by atoms with Gasteiger partial charge in [0.15, 0.2) is 0 Å². The van der Waals surface area contributed by atoms with Crippen LogP contribution in [-0.4, -0.2) is 38.4 Å². The summed E-state index contributed by atoms with van der Waals surface area (Å²) in [6, 6.07) is 9.82. The average molecular weight is 364 g/mol. The fourth-order valence-electron chi connectivity index (χ4n) is 3.63. The van der Waals surface area contributed by atoms with Gasteiger partial charge in [-0.15, -0.1) is 0 Å². The van der Waals surface area contributed by atoms with Gasteiger partial charge in [0, 0.05) is 50.2 Å². The number of pyridine rings is 1. The van der Waals surface area contributed by atoms with Crippen molar-refractivity contribution < 1.29 is 9.18 Å². The topological polar surface area (TPSA) is 51.0 Å². The Morgan fingerprint density at radius 2 is 1.96 bits per heavy atom. The number of carbonyl (C=O) groups excluding carboxylic acids is 1. The number of aromatic nitrogens is 3. The van der Waals surface area contributed by atoms with Crippen LogP contribution >= 0.6 is 0 Å². The summed E-state index contributed by atoms with van der Waals surface area (Å²) < 4.78 is 15.4. The van der Waals surface area contributed by atoms with Crippen LogP contribution in [0.1, 0.15) is 34.9 Å². The summed E-state index contributed by atoms with van der Waals surface area (Å²) in [5, 5.41) is 0. The van der Waals surface area contributed by atoms with Gasteiger partial charge < -0.3 is 9.47 Å². The van der Waals surface area contributed by atoms with Crippen molar-refractivity contribution >= 4 is 5.91 Å². The Labute approximate surface area is 157 Å². The van der Waals surface area contributed by atoms with E-state index < -0.39 is 0 Å². The molecule has 1 saturated heterocycles. The second-order valence-corrected chi connectivity index (χ2v) is 6.91. The highest BCUT2D eigenvalue weighted by Crippen LogP contribution is 2.27. The molecule has 0 bridgehead atoms. The Bertz CT molecular complexity index is 943. The molecule has 0 aliphatic carbocycles. The average Bonchev–Trinajstić information content (AvgIpc) is 3.14. The SMILES string of the molecule is Cn1ccnc1C1CCN(C(=O)c2ccc(-c3cccc(F)c3)nc2)CC1. The molecule has 138 valence electrons. The molecule has 0 saturated carbocycles. The molecular weight excluding hydrogens is 343 g/mol. The molecule has 1 aliphatic heterocycles. The Morgan fingerprint density at radius 1 is 1.15 bits per heavy atom. The fourth-order valence-corrected chi connectivity index (χ4v) is 3.63. The molecule has 0 spiro atoms. The van der Waals surface area contributed by atoms with Crippen LogP contribution in [0.5, 0.6) is 0 Å². The summed E-state index contributed by atoms with van der Waals surface area (Å²) in [5.74, 6) is 1.17. The number of benzene rings is 1. The van der Waals surface area contributed by atoms with Crippen molar-refractivity contribution in [3.63, 3.8) is 0 Å². The van der Waals surface area contributed by atoms with Gasteiger partial charge in [-0.05, 0) is 37.1 Å². The standard InChI is InChI=1S/C21H21FN4O/c1-25-12-9-23-20(25)15-7-10-26(11-8-15)21(27)17-5-6-19(24-14-17)16-3-2-4-18(22)13-16/h2-6,9,12-15H,7-8,10-11H2,1H3. The molecule has 0 N–H and O–H groups in total. The number of nitrogens with zero attached hydrogens (tertiary/aromatic N) is 4. The van der Waals surface area contributed by atoms with E-state index in [1.807, 2.05) is 24.3 Å². The Balaban J connectivity index is 1.42. The van der Waals surface area contributed by atoms with E-state index in [0.29, 0.717) is 35.8 Å². The first kappa shape index (κ1) is 17.4. The number of rotatable bonds is 3. The van der Waals surface area contributed by atoms with E-state index in [4.69, 9.17) is 0 Å². The molecule has 6 heteroatoms. The number of hydrogen-bond donors (Lipinski definition) is 0. The van der Waals surface area contributed by atoms with E-state index in [1.54, 1.807) is 30.5 Å². The first-order valence-corrected chi connectivity index (χ1v) is 9.10. The fraction of sp³-hybridized carbons (Fsp3) is 0.286. The van der Waals surface area contributed by atoms with E-state index in [9.17, 15) is 9.18 Å². The van der Waals surface area contributed by atoms with Crippen molar-refractivity contribution in [2.45, 2.75) is 18.8 Å². The largest absolute Gasteiger partial charge is 0.339 e. The van der Waals surface area contributed by atoms with Gasteiger partial charge in [0.25, 0.3) is 5.91 Å². The third kappa shape index (κ3) is 3.60. The highest BCUT2D eigenvalue weighted by Gasteiger charge is 2.26. The second kappa shape index (κ2) is 7.31. The van der Waals surface area contributed by atoms with E-state index in [-0.39, 0.29) is 11.7 Å². The number of halogens is 1. The van der Waals surface area contributed by atoms with Crippen LogP contribution in [0.25, 0.3) is 11.3 Å². The summed E-state index contributed by atoms with van der Waals surface area (Å²) in [4.78, 5) is 23.4. The molecule has 1 amide bonds. The number of imidazole rings is 1. The van der Waals surface area contributed by atoms with Crippen molar-refractivity contribution in [3.8, 4) is 11.3 Å². The first-order chi connectivity index (χ1) is 13.1. The van der Waals surface area contributed by atoms with Crippen molar-refractivity contribution in [3.05, 3.63) is 72.2 Å². The van der Waals surface area contributed by atoms with Crippen molar-refractivity contribution in [1.82, 2.24) is 19.4 Å². The minimum atomic E-state index is -0.301. The molecule has 0 atom stereocenters. The normalized spacial score (nSPS) is 15.1. The van der Waals surface area contributed by atoms with Crippen LogP contribution in [0, 0.1) is 5.82 Å². The molecule has 1 fully saturated rings. The zero-order valence-electron chi connectivity index (χ0n) is 15.2. The Morgan fingerprint density at radius 3 is 2.59 bits per heavy atom. The van der Waals surface area contributed by atoms with Gasteiger partial charge in [0.2, 0.25) is 0 Å². The molecule has 0 radical (unpaired) electrons. The maximum Gasteiger partial charge on any atom is 0.255 e. The minimum absolute atomic E-state index is 0.00779. The van der Waals surface area contributed by atoms with Crippen molar-refractivity contribution in [2.24, 2.45) is 7.05 Å². The Hall–Kier alpha value is -3.02. The molecular formula is C21H21FN4O. The maximum atomic E-state index is 13.4. The lowest BCUT2D eigenvalue weighted by molar-refractivity contribution is 0.0710. The third-order valence-electron chi connectivity index (χ3n) is 5.14. The number of aryl methyl sites for hydroxylation is 1. The molecule has 5 nitrogen and oxygen atoms in total. The van der Waals surface area contributed by atoms with Crippen LogP contribution in [0.3, 0.4) is 0 Å². The van der Waals surface area contributed by atoms with Crippen LogP contribution in [-0.2, 0) is 7.05 Å². The summed E-state index contributed by atoms with van der Waals surface area (Å²) >= 11 is 0. The lowest BCUT2D eigenvalue weighted by Crippen LogP contribution is -2.38. The highest BCUT2D eigenvalue weighted by atomic mass is 19.1. The predicted octanol–water partition coefficient (Wildman–Crippen LogP) is 3.64. The minimum Gasteiger partial charge on any atom is -0.339 e. The van der Waals surface area contributed by atoms with Crippen LogP contribution in [0.2, 0.25) is 0 Å². The van der Waals surface area contributed by atoms with E-state index >= 15 is 0 Å². The Kier molecular flexibility index (Phi) is 4.71. The van der Waals surface area contributed by atoms with Crippen LogP contribution in [0.4, 0.5) is 4.39 Å². The molecule has 1 aromatic carbocycles. The summed E-state index contributed by atoms with van der Waals surface area (Å²) in [6.07, 6.45) is 7.17.